The molecule has 27 heavy (non-hydrogen) atoms. The Kier molecular flexibility index (Phi) is 7.06. The highest BCUT2D eigenvalue weighted by Crippen LogP contribution is 2.25. The average Bonchev–Trinajstić information content (AvgIpc) is 2.63. The highest BCUT2D eigenvalue weighted by molar-refractivity contribution is 7.92. The maximum atomic E-state index is 12.3. The Morgan fingerprint density at radius 1 is 1.15 bits per heavy atom. The van der Waals surface area contributed by atoms with Crippen LogP contribution in [0.5, 0.6) is 11.5 Å². The predicted molar refractivity (Wildman–Crippen MR) is 106 cm³/mol. The Morgan fingerprint density at radius 2 is 1.89 bits per heavy atom. The van der Waals surface area contributed by atoms with Crippen LogP contribution in [0.4, 0.5) is 11.4 Å². The van der Waals surface area contributed by atoms with Crippen LogP contribution in [0.15, 0.2) is 48.5 Å². The molecule has 0 unspecified atom stereocenters. The third kappa shape index (κ3) is 5.89. The van der Waals surface area contributed by atoms with Crippen LogP contribution in [0.2, 0.25) is 0 Å². The Morgan fingerprint density at radius 3 is 2.56 bits per heavy atom. The van der Waals surface area contributed by atoms with Crippen LogP contribution in [-0.4, -0.2) is 40.8 Å². The van der Waals surface area contributed by atoms with Gasteiger partial charge >= 0.3 is 0 Å². The van der Waals surface area contributed by atoms with Crippen molar-refractivity contribution >= 4 is 27.3 Å². The predicted octanol–water partition coefficient (Wildman–Crippen LogP) is 2.89. The molecule has 1 N–H and O–H groups in total. The molecule has 0 atom stereocenters. The lowest BCUT2D eigenvalue weighted by Gasteiger charge is -2.22. The standard InChI is InChI=1S/C19H24N2O5S/c1-4-26-18-11-6-5-10-17(18)20-19(22)12-13-21(27(3,23)24)15-8-7-9-16(14-15)25-2/h5-11,14H,4,12-13H2,1-3H3,(H,20,22). The Labute approximate surface area is 160 Å². The van der Waals surface area contributed by atoms with Crippen molar-refractivity contribution in [1.82, 2.24) is 0 Å². The molecule has 0 aromatic heterocycles. The van der Waals surface area contributed by atoms with Crippen molar-refractivity contribution in [3.8, 4) is 11.5 Å². The number of anilines is 2. The molecule has 2 rings (SSSR count). The average molecular weight is 392 g/mol. The zero-order chi connectivity index (χ0) is 19.9. The minimum Gasteiger partial charge on any atom is -0.497 e. The molecule has 2 aromatic carbocycles. The van der Waals surface area contributed by atoms with Crippen molar-refractivity contribution in [3.63, 3.8) is 0 Å². The van der Waals surface area contributed by atoms with E-state index < -0.39 is 10.0 Å². The van der Waals surface area contributed by atoms with Gasteiger partial charge in [-0.25, -0.2) is 8.42 Å². The third-order valence-electron chi connectivity index (χ3n) is 3.74. The molecule has 0 spiro atoms. The fourth-order valence-electron chi connectivity index (χ4n) is 2.52. The molecule has 0 aliphatic heterocycles. The highest BCUT2D eigenvalue weighted by Gasteiger charge is 2.19. The summed E-state index contributed by atoms with van der Waals surface area (Å²) in [6.45, 7) is 2.34. The van der Waals surface area contributed by atoms with E-state index in [4.69, 9.17) is 9.47 Å². The number of nitrogens with zero attached hydrogens (tertiary/aromatic N) is 1. The summed E-state index contributed by atoms with van der Waals surface area (Å²) in [6.07, 6.45) is 1.10. The van der Waals surface area contributed by atoms with Crippen LogP contribution in [0.3, 0.4) is 0 Å². The van der Waals surface area contributed by atoms with E-state index in [0.717, 1.165) is 6.26 Å². The second kappa shape index (κ2) is 9.27. The third-order valence-corrected chi connectivity index (χ3v) is 4.94. The molecule has 0 aliphatic rings. The molecule has 2 aromatic rings. The fraction of sp³-hybridized carbons (Fsp3) is 0.316. The van der Waals surface area contributed by atoms with Crippen molar-refractivity contribution in [3.05, 3.63) is 48.5 Å². The highest BCUT2D eigenvalue weighted by atomic mass is 32.2. The van der Waals surface area contributed by atoms with E-state index in [2.05, 4.69) is 5.32 Å². The summed E-state index contributed by atoms with van der Waals surface area (Å²) in [7, 11) is -2.05. The fourth-order valence-corrected chi connectivity index (χ4v) is 3.44. The normalized spacial score (nSPS) is 10.9. The molecule has 0 aliphatic carbocycles. The SMILES string of the molecule is CCOc1ccccc1NC(=O)CCN(c1cccc(OC)c1)S(C)(=O)=O. The zero-order valence-corrected chi connectivity index (χ0v) is 16.5. The lowest BCUT2D eigenvalue weighted by Crippen LogP contribution is -2.33. The van der Waals surface area contributed by atoms with Crippen LogP contribution in [0.25, 0.3) is 0 Å². The molecule has 0 bridgehead atoms. The van der Waals surface area contributed by atoms with Crippen LogP contribution in [0, 0.1) is 0 Å². The summed E-state index contributed by atoms with van der Waals surface area (Å²) in [5, 5.41) is 2.77. The van der Waals surface area contributed by atoms with E-state index in [1.807, 2.05) is 13.0 Å². The van der Waals surface area contributed by atoms with E-state index >= 15 is 0 Å². The second-order valence-electron chi connectivity index (χ2n) is 5.76. The summed E-state index contributed by atoms with van der Waals surface area (Å²) < 4.78 is 36.2. The smallest absolute Gasteiger partial charge is 0.232 e. The number of nitrogens with one attached hydrogen (secondary N) is 1. The second-order valence-corrected chi connectivity index (χ2v) is 7.67. The van der Waals surface area contributed by atoms with E-state index in [-0.39, 0.29) is 18.9 Å². The maximum Gasteiger partial charge on any atom is 0.232 e. The molecule has 0 radical (unpaired) electrons. The molecule has 1 amide bonds. The number of amides is 1. The first-order chi connectivity index (χ1) is 12.8. The number of rotatable bonds is 9. The van der Waals surface area contributed by atoms with Gasteiger partial charge in [0.05, 0.1) is 31.3 Å². The van der Waals surface area contributed by atoms with Gasteiger partial charge in [0.25, 0.3) is 0 Å². The van der Waals surface area contributed by atoms with Crippen LogP contribution in [0.1, 0.15) is 13.3 Å². The minimum atomic E-state index is -3.56. The number of carbonyl (C=O) groups excluding carboxylic acids is 1. The molecular weight excluding hydrogens is 368 g/mol. The van der Waals surface area contributed by atoms with Gasteiger partial charge in [0.2, 0.25) is 15.9 Å². The van der Waals surface area contributed by atoms with E-state index in [1.54, 1.807) is 42.5 Å². The Bertz CT molecular complexity index is 883. The van der Waals surface area contributed by atoms with Gasteiger partial charge < -0.3 is 14.8 Å². The van der Waals surface area contributed by atoms with Gasteiger partial charge in [-0.2, -0.15) is 0 Å². The van der Waals surface area contributed by atoms with Crippen molar-refractivity contribution < 1.29 is 22.7 Å². The van der Waals surface area contributed by atoms with Crippen molar-refractivity contribution in [2.45, 2.75) is 13.3 Å². The van der Waals surface area contributed by atoms with Crippen LogP contribution in [-0.2, 0) is 14.8 Å². The number of para-hydroxylation sites is 2. The van der Waals surface area contributed by atoms with Crippen LogP contribution >= 0.6 is 0 Å². The molecule has 7 nitrogen and oxygen atoms in total. The van der Waals surface area contributed by atoms with Gasteiger partial charge in [0, 0.05) is 19.0 Å². The van der Waals surface area contributed by atoms with Gasteiger partial charge in [-0.15, -0.1) is 0 Å². The van der Waals surface area contributed by atoms with Crippen molar-refractivity contribution in [2.75, 3.05) is 36.1 Å². The Balaban J connectivity index is 2.10. The zero-order valence-electron chi connectivity index (χ0n) is 15.6. The lowest BCUT2D eigenvalue weighted by molar-refractivity contribution is -0.116. The summed E-state index contributed by atoms with van der Waals surface area (Å²) in [5.74, 6) is 0.802. The summed E-state index contributed by atoms with van der Waals surface area (Å²) >= 11 is 0. The quantitative estimate of drug-likeness (QED) is 0.709. The van der Waals surface area contributed by atoms with Gasteiger partial charge in [0.1, 0.15) is 11.5 Å². The summed E-state index contributed by atoms with van der Waals surface area (Å²) in [4.78, 5) is 12.3. The minimum absolute atomic E-state index is 0.00857. The van der Waals surface area contributed by atoms with Gasteiger partial charge in [-0.1, -0.05) is 18.2 Å². The first-order valence-corrected chi connectivity index (χ1v) is 10.3. The number of methoxy groups -OCH3 is 1. The van der Waals surface area contributed by atoms with E-state index in [9.17, 15) is 13.2 Å². The lowest BCUT2D eigenvalue weighted by atomic mass is 10.2. The monoisotopic (exact) mass is 392 g/mol. The van der Waals surface area contributed by atoms with Crippen molar-refractivity contribution in [1.29, 1.82) is 0 Å². The number of benzene rings is 2. The van der Waals surface area contributed by atoms with Gasteiger partial charge in [-0.05, 0) is 31.2 Å². The topological polar surface area (TPSA) is 84.9 Å². The van der Waals surface area contributed by atoms with Crippen LogP contribution < -0.4 is 19.1 Å². The van der Waals surface area contributed by atoms with Gasteiger partial charge in [0.15, 0.2) is 0 Å². The number of hydrogen-bond acceptors (Lipinski definition) is 5. The number of carbonyl (C=O) groups is 1. The van der Waals surface area contributed by atoms with E-state index in [0.29, 0.717) is 29.5 Å². The molecule has 0 saturated heterocycles. The molecule has 0 saturated carbocycles. The van der Waals surface area contributed by atoms with Gasteiger partial charge in [-0.3, -0.25) is 9.10 Å². The molecule has 0 fully saturated rings. The first kappa shape index (κ1) is 20.6. The largest absolute Gasteiger partial charge is 0.497 e. The Hall–Kier alpha value is -2.74. The molecular formula is C19H24N2O5S. The number of sulfonamides is 1. The first-order valence-electron chi connectivity index (χ1n) is 8.48. The molecule has 146 valence electrons. The number of ether oxygens (including phenoxy) is 2. The molecule has 8 heteroatoms. The van der Waals surface area contributed by atoms with E-state index in [1.165, 1.54) is 11.4 Å². The summed E-state index contributed by atoms with van der Waals surface area (Å²) in [5.41, 5.74) is 0.996. The number of hydrogen-bond donors (Lipinski definition) is 1. The summed E-state index contributed by atoms with van der Waals surface area (Å²) in [6, 6.07) is 13.8. The maximum absolute atomic E-state index is 12.3. The van der Waals surface area contributed by atoms with Crippen molar-refractivity contribution in [2.24, 2.45) is 0 Å². The molecule has 0 heterocycles.